The number of hydrogen-bond acceptors (Lipinski definition) is 4. The lowest BCUT2D eigenvalue weighted by Gasteiger charge is -2.26. The highest BCUT2D eigenvalue weighted by Crippen LogP contribution is 1.88. The van der Waals surface area contributed by atoms with Crippen LogP contribution in [0.25, 0.3) is 0 Å². The summed E-state index contributed by atoms with van der Waals surface area (Å²) in [5, 5.41) is 3.29. The Bertz CT molecular complexity index is 68.1. The molecule has 0 amide bonds. The minimum Gasteiger partial charge on any atom is -0.333 e. The molecule has 1 aliphatic rings. The molecule has 0 radical (unpaired) electrons. The van der Waals surface area contributed by atoms with Gasteiger partial charge in [0.15, 0.2) is 0 Å². The molecular formula is C7H20N4. The zero-order chi connectivity index (χ0) is 8.53. The molecule has 0 saturated carbocycles. The van der Waals surface area contributed by atoms with Crippen LogP contribution in [0.15, 0.2) is 0 Å². The number of rotatable bonds is 2. The highest BCUT2D eigenvalue weighted by Gasteiger charge is 2.06. The largest absolute Gasteiger partial charge is 0.333 e. The summed E-state index contributed by atoms with van der Waals surface area (Å²) in [4.78, 5) is 2.39. The molecule has 1 rings (SSSR count). The molecule has 0 aromatic rings. The van der Waals surface area contributed by atoms with Crippen LogP contribution < -0.4 is 16.8 Å². The molecule has 1 fully saturated rings. The third-order valence-electron chi connectivity index (χ3n) is 1.65. The van der Waals surface area contributed by atoms with Gasteiger partial charge in [0.05, 0.1) is 0 Å². The van der Waals surface area contributed by atoms with Crippen molar-refractivity contribution < 1.29 is 0 Å². The Morgan fingerprint density at radius 1 is 1.27 bits per heavy atom. The van der Waals surface area contributed by atoms with E-state index in [1.807, 2.05) is 0 Å². The van der Waals surface area contributed by atoms with Gasteiger partial charge in [0.1, 0.15) is 0 Å². The van der Waals surface area contributed by atoms with Crippen molar-refractivity contribution >= 4 is 0 Å². The third kappa shape index (κ3) is 5.15. The molecular weight excluding hydrogens is 140 g/mol. The van der Waals surface area contributed by atoms with Gasteiger partial charge in [0.25, 0.3) is 0 Å². The van der Waals surface area contributed by atoms with E-state index in [4.69, 9.17) is 5.73 Å². The fourth-order valence-corrected chi connectivity index (χ4v) is 1.12. The minimum atomic E-state index is 0.792. The first-order valence-corrected chi connectivity index (χ1v) is 4.14. The van der Waals surface area contributed by atoms with Crippen molar-refractivity contribution in [3.63, 3.8) is 0 Å². The summed E-state index contributed by atoms with van der Waals surface area (Å²) in [5.74, 6) is 0. The smallest absolute Gasteiger partial charge is 0.0108 e. The van der Waals surface area contributed by atoms with Crippen molar-refractivity contribution in [3.8, 4) is 0 Å². The van der Waals surface area contributed by atoms with Crippen LogP contribution >= 0.6 is 0 Å². The molecule has 0 unspecified atom stereocenters. The van der Waals surface area contributed by atoms with Crippen LogP contribution in [0.3, 0.4) is 0 Å². The molecule has 0 aromatic carbocycles. The van der Waals surface area contributed by atoms with Crippen molar-refractivity contribution in [1.29, 1.82) is 0 Å². The zero-order valence-corrected chi connectivity index (χ0v) is 7.34. The first kappa shape index (κ1) is 10.8. The predicted octanol–water partition coefficient (Wildman–Crippen LogP) is -1.57. The van der Waals surface area contributed by atoms with E-state index in [2.05, 4.69) is 16.0 Å². The topological polar surface area (TPSA) is 67.3 Å². The maximum absolute atomic E-state index is 5.40. The van der Waals surface area contributed by atoms with Crippen LogP contribution in [0.5, 0.6) is 0 Å². The van der Waals surface area contributed by atoms with Gasteiger partial charge in [0, 0.05) is 39.3 Å². The minimum absolute atomic E-state index is 0.792. The highest BCUT2D eigenvalue weighted by atomic mass is 15.2. The monoisotopic (exact) mass is 160 g/mol. The van der Waals surface area contributed by atoms with Gasteiger partial charge in [-0.05, 0) is 7.05 Å². The van der Waals surface area contributed by atoms with E-state index in [1.165, 1.54) is 7.05 Å². The van der Waals surface area contributed by atoms with Gasteiger partial charge >= 0.3 is 0 Å². The highest BCUT2D eigenvalue weighted by molar-refractivity contribution is 4.66. The third-order valence-corrected chi connectivity index (χ3v) is 1.65. The average Bonchev–Trinajstić information content (AvgIpc) is 2.11. The lowest BCUT2D eigenvalue weighted by atomic mass is 10.3. The number of piperazine rings is 1. The second kappa shape index (κ2) is 7.94. The van der Waals surface area contributed by atoms with Crippen LogP contribution in [-0.2, 0) is 0 Å². The van der Waals surface area contributed by atoms with Gasteiger partial charge in [-0.1, -0.05) is 0 Å². The number of nitrogens with one attached hydrogen (secondary N) is 1. The van der Waals surface area contributed by atoms with Crippen molar-refractivity contribution in [1.82, 2.24) is 10.2 Å². The summed E-state index contributed by atoms with van der Waals surface area (Å²) in [6, 6.07) is 0. The normalized spacial score (nSPS) is 18.8. The van der Waals surface area contributed by atoms with E-state index in [0.29, 0.717) is 0 Å². The van der Waals surface area contributed by atoms with Crippen molar-refractivity contribution in [2.24, 2.45) is 11.5 Å². The molecule has 0 spiro atoms. The summed E-state index contributed by atoms with van der Waals surface area (Å²) >= 11 is 0. The lowest BCUT2D eigenvalue weighted by molar-refractivity contribution is 0.247. The van der Waals surface area contributed by atoms with Crippen LogP contribution in [0.4, 0.5) is 0 Å². The Balaban J connectivity index is 0.000000461. The summed E-state index contributed by atoms with van der Waals surface area (Å²) in [7, 11) is 1.50. The van der Waals surface area contributed by atoms with Gasteiger partial charge < -0.3 is 16.8 Å². The van der Waals surface area contributed by atoms with Crippen LogP contribution in [0, 0.1) is 0 Å². The fraction of sp³-hybridized carbons (Fsp3) is 1.00. The number of nitrogens with zero attached hydrogens (tertiary/aromatic N) is 1. The van der Waals surface area contributed by atoms with E-state index in [0.717, 1.165) is 39.3 Å². The molecule has 0 aliphatic carbocycles. The SMILES string of the molecule is CN.NCCN1CCNCC1. The van der Waals surface area contributed by atoms with Gasteiger partial charge in [-0.3, -0.25) is 4.90 Å². The molecule has 1 saturated heterocycles. The van der Waals surface area contributed by atoms with Gasteiger partial charge in [-0.15, -0.1) is 0 Å². The molecule has 0 bridgehead atoms. The van der Waals surface area contributed by atoms with Gasteiger partial charge in [-0.2, -0.15) is 0 Å². The van der Waals surface area contributed by atoms with E-state index < -0.39 is 0 Å². The molecule has 0 aromatic heterocycles. The van der Waals surface area contributed by atoms with Gasteiger partial charge in [-0.25, -0.2) is 0 Å². The average molecular weight is 160 g/mol. The van der Waals surface area contributed by atoms with Crippen LogP contribution in [-0.4, -0.2) is 51.2 Å². The number of nitrogens with two attached hydrogens (primary N) is 2. The number of hydrogen-bond donors (Lipinski definition) is 3. The Labute approximate surface area is 68.9 Å². The van der Waals surface area contributed by atoms with E-state index in [1.54, 1.807) is 0 Å². The standard InChI is InChI=1S/C6H15N3.CH5N/c7-1-4-9-5-2-8-3-6-9;1-2/h8H,1-7H2;2H2,1H3. The first-order valence-electron chi connectivity index (χ1n) is 4.14. The maximum Gasteiger partial charge on any atom is 0.0108 e. The molecule has 0 atom stereocenters. The molecule has 11 heavy (non-hydrogen) atoms. The quantitative estimate of drug-likeness (QED) is 0.456. The Morgan fingerprint density at radius 3 is 2.27 bits per heavy atom. The molecule has 5 N–H and O–H groups in total. The summed E-state index contributed by atoms with van der Waals surface area (Å²) in [6.07, 6.45) is 0. The summed E-state index contributed by atoms with van der Waals surface area (Å²) in [6.45, 7) is 6.43. The maximum atomic E-state index is 5.40. The van der Waals surface area contributed by atoms with E-state index in [9.17, 15) is 0 Å². The second-order valence-corrected chi connectivity index (χ2v) is 2.38. The molecule has 68 valence electrons. The van der Waals surface area contributed by atoms with Gasteiger partial charge in [0.2, 0.25) is 0 Å². The second-order valence-electron chi connectivity index (χ2n) is 2.38. The fourth-order valence-electron chi connectivity index (χ4n) is 1.12. The summed E-state index contributed by atoms with van der Waals surface area (Å²) < 4.78 is 0. The Morgan fingerprint density at radius 2 is 1.82 bits per heavy atom. The van der Waals surface area contributed by atoms with Crippen molar-refractivity contribution in [2.75, 3.05) is 46.3 Å². The first-order chi connectivity index (χ1) is 5.43. The van der Waals surface area contributed by atoms with E-state index >= 15 is 0 Å². The molecule has 1 heterocycles. The predicted molar refractivity (Wildman–Crippen MR) is 48.5 cm³/mol. The zero-order valence-electron chi connectivity index (χ0n) is 7.34. The van der Waals surface area contributed by atoms with Crippen molar-refractivity contribution in [2.45, 2.75) is 0 Å². The Kier molecular flexibility index (Phi) is 7.83. The van der Waals surface area contributed by atoms with E-state index in [-0.39, 0.29) is 0 Å². The van der Waals surface area contributed by atoms with Crippen LogP contribution in [0.1, 0.15) is 0 Å². The van der Waals surface area contributed by atoms with Crippen molar-refractivity contribution in [3.05, 3.63) is 0 Å². The molecule has 4 heteroatoms. The lowest BCUT2D eigenvalue weighted by Crippen LogP contribution is -2.45. The Hall–Kier alpha value is -0.160. The summed E-state index contributed by atoms with van der Waals surface area (Å²) in [5.41, 5.74) is 9.90. The molecule has 4 nitrogen and oxygen atoms in total. The molecule has 1 aliphatic heterocycles. The van der Waals surface area contributed by atoms with Crippen LogP contribution in [0.2, 0.25) is 0 Å².